The monoisotopic (exact) mass is 941 g/mol. The number of nitrogens with two attached hydrogens (primary N) is 1. The van der Waals surface area contributed by atoms with Gasteiger partial charge in [0.05, 0.1) is 19.1 Å². The minimum absolute atomic E-state index is 0. The first-order valence-electron chi connectivity index (χ1n) is 16.7. The minimum Gasteiger partial charge on any atom is -1.00 e. The van der Waals surface area contributed by atoms with Crippen molar-refractivity contribution in [2.45, 2.75) is 95.7 Å². The second-order valence-electron chi connectivity index (χ2n) is 11.7. The van der Waals surface area contributed by atoms with Crippen molar-refractivity contribution in [3.8, 4) is 0 Å². The average Bonchev–Trinajstić information content (AvgIpc) is 3.80. The number of urea groups is 1. The van der Waals surface area contributed by atoms with E-state index in [-0.39, 0.29) is 84.5 Å². The van der Waals surface area contributed by atoms with Gasteiger partial charge in [-0.25, -0.2) is 24.4 Å². The van der Waals surface area contributed by atoms with Crippen molar-refractivity contribution >= 4 is 41.8 Å². The van der Waals surface area contributed by atoms with E-state index in [1.165, 1.54) is 21.5 Å². The molecule has 2 heterocycles. The summed E-state index contributed by atoms with van der Waals surface area (Å²) in [5.41, 5.74) is 6.07. The van der Waals surface area contributed by atoms with Crippen molar-refractivity contribution in [3.05, 3.63) is 56.4 Å². The van der Waals surface area contributed by atoms with E-state index in [4.69, 9.17) is 29.9 Å². The Morgan fingerprint density at radius 1 is 0.695 bits per heavy atom. The van der Waals surface area contributed by atoms with E-state index in [9.17, 15) is 48.9 Å². The van der Waals surface area contributed by atoms with Gasteiger partial charge in [0.25, 0.3) is 0 Å². The normalized spacial score (nSPS) is 11.2. The maximum Gasteiger partial charge on any atom is -1.00 e. The molecule has 10 N–H and O–H groups in total. The van der Waals surface area contributed by atoms with Crippen molar-refractivity contribution in [2.75, 3.05) is 13.1 Å². The first kappa shape index (κ1) is 60.3. The fourth-order valence-corrected chi connectivity index (χ4v) is 4.96. The van der Waals surface area contributed by atoms with Crippen LogP contribution in [0.5, 0.6) is 0 Å². The molecule has 2 aromatic heterocycles. The average molecular weight is 942 g/mol. The molecule has 2 rings (SSSR count). The third-order valence-corrected chi connectivity index (χ3v) is 7.59. The van der Waals surface area contributed by atoms with Gasteiger partial charge in [-0.05, 0) is 45.1 Å². The smallest absolute Gasteiger partial charge is 1.00 e. The number of carboxylic acid groups (broad SMARTS) is 5. The Morgan fingerprint density at radius 2 is 1.14 bits per heavy atom. The van der Waals surface area contributed by atoms with Crippen LogP contribution >= 0.6 is 0 Å². The molecule has 1 radical (unpaired) electrons. The molecule has 3 atom stereocenters. The quantitative estimate of drug-likeness (QED) is 0.0247. The van der Waals surface area contributed by atoms with Gasteiger partial charge in [0.2, 0.25) is 5.91 Å². The molecule has 59 heavy (non-hydrogen) atoms. The molecule has 0 aliphatic heterocycles. The fraction of sp³-hybridized carbons (Fsp3) is 0.515. The molecule has 0 aliphatic carbocycles. The summed E-state index contributed by atoms with van der Waals surface area (Å²) in [4.78, 5) is 91.2. The number of halogens is 1. The van der Waals surface area contributed by atoms with Gasteiger partial charge >= 0.3 is 69.8 Å². The second-order valence-corrected chi connectivity index (χ2v) is 11.7. The van der Waals surface area contributed by atoms with Crippen LogP contribution in [0.15, 0.2) is 24.8 Å². The number of aliphatic carboxylic acids is 5. The summed E-state index contributed by atoms with van der Waals surface area (Å²) < 4.78 is 25.5. The maximum absolute atomic E-state index is 12.5. The number of amides is 3. The van der Waals surface area contributed by atoms with E-state index >= 15 is 0 Å². The van der Waals surface area contributed by atoms with Crippen LogP contribution in [0.4, 0.5) is 4.79 Å². The summed E-state index contributed by atoms with van der Waals surface area (Å²) in [5.74, 6) is -5.55. The third kappa shape index (κ3) is 27.0. The Balaban J connectivity index is -0.00000180. The van der Waals surface area contributed by atoms with E-state index in [0.29, 0.717) is 43.9 Å². The van der Waals surface area contributed by atoms with Crippen LogP contribution in [0, 0.1) is 20.0 Å². The molecule has 0 aromatic carbocycles. The predicted molar refractivity (Wildman–Crippen MR) is 186 cm³/mol. The second kappa shape index (κ2) is 35.7. The van der Waals surface area contributed by atoms with Gasteiger partial charge in [-0.2, -0.15) is 0 Å². The topological polar surface area (TPSA) is 381 Å². The van der Waals surface area contributed by atoms with Crippen LogP contribution in [-0.4, -0.2) is 123 Å². The molecule has 0 saturated carbocycles. The standard InChI is InChI=1S/C30H45N9O12.3CO.ClH.Tc/c31-19(27(46)34-9-3-1-6-20(28(47)48)35-30(51)36-21(29(49)50)7-8-24(40)41)5-2-4-12-37(15-22-32-10-13-38(22)17-25(42)43)16-23-33-11-14-39(23)18-26(44)45;3*1-2;;/h10-11,13-14,19-21H,1-9,12,15-18,31H2,(H,34,46)(H,40,41)(H,42,43)(H,44,45)(H,47,48)(H,49,50)(H2,35,36,51);;;;1H;/p-1/t19-,20-,21-;;;;;/m0...../s1/i;;;;;1+1. The molecular formula is C33H45ClN9O15Tc-. The Bertz CT molecular complexity index is 1580. The Kier molecular flexibility index (Phi) is 36.5. The molecule has 0 spiro atoms. The number of aromatic nitrogens is 4. The number of nitrogens with zero attached hydrogens (tertiary/aromatic N) is 5. The molecule has 0 bridgehead atoms. The van der Waals surface area contributed by atoms with Crippen LogP contribution in [0.1, 0.15) is 63.0 Å². The zero-order valence-corrected chi connectivity index (χ0v) is 33.9. The Hall–Kier alpha value is -5.41. The van der Waals surface area contributed by atoms with Gasteiger partial charge in [-0.3, -0.25) is 24.1 Å². The molecule has 3 amide bonds. The third-order valence-electron chi connectivity index (χ3n) is 7.59. The summed E-state index contributed by atoms with van der Waals surface area (Å²) in [5, 5.41) is 52.7. The van der Waals surface area contributed by atoms with Gasteiger partial charge in [0, 0.05) is 57.9 Å². The zero-order valence-electron chi connectivity index (χ0n) is 31.3. The van der Waals surface area contributed by atoms with Gasteiger partial charge in [0.1, 0.15) is 36.8 Å². The van der Waals surface area contributed by atoms with Crippen molar-refractivity contribution in [2.24, 2.45) is 5.73 Å². The van der Waals surface area contributed by atoms with Crippen LogP contribution in [0.25, 0.3) is 0 Å². The fourth-order valence-electron chi connectivity index (χ4n) is 4.96. The molecule has 2 aromatic rings. The van der Waals surface area contributed by atoms with E-state index in [1.807, 2.05) is 4.90 Å². The van der Waals surface area contributed by atoms with E-state index in [2.05, 4.69) is 45.9 Å². The summed E-state index contributed by atoms with van der Waals surface area (Å²) in [6, 6.07) is -4.78. The molecule has 24 nitrogen and oxygen atoms in total. The zero-order chi connectivity index (χ0) is 43.9. The summed E-state index contributed by atoms with van der Waals surface area (Å²) in [6.07, 6.45) is 7.27. The van der Waals surface area contributed by atoms with Crippen LogP contribution in [0.3, 0.4) is 0 Å². The van der Waals surface area contributed by atoms with Gasteiger partial charge in [-0.1, -0.05) is 6.42 Å². The summed E-state index contributed by atoms with van der Waals surface area (Å²) in [6.45, 7) is 14.1. The first-order chi connectivity index (χ1) is 27.2. The number of carbonyl (C=O) groups excluding carboxylic acids is 2. The van der Waals surface area contributed by atoms with E-state index in [1.54, 1.807) is 12.4 Å². The molecule has 0 fully saturated rings. The number of carboxylic acids is 5. The van der Waals surface area contributed by atoms with Crippen molar-refractivity contribution in [1.82, 2.24) is 40.0 Å². The summed E-state index contributed by atoms with van der Waals surface area (Å²) >= 11 is 0. The predicted octanol–water partition coefficient (Wildman–Crippen LogP) is -4.01. The largest absolute Gasteiger partial charge is 1.00 e. The molecule has 0 saturated heterocycles. The number of unbranched alkanes of at least 4 members (excludes halogenated alkanes) is 2. The van der Waals surface area contributed by atoms with Crippen molar-refractivity contribution in [1.29, 1.82) is 0 Å². The van der Waals surface area contributed by atoms with Crippen LogP contribution in [-0.2, 0) is 89.0 Å². The van der Waals surface area contributed by atoms with Gasteiger partial charge in [-0.15, -0.1) is 0 Å². The number of hydrogen-bond acceptors (Lipinski definition) is 11. The number of hydrogen-bond donors (Lipinski definition) is 9. The maximum atomic E-state index is 12.5. The molecule has 0 aliphatic rings. The number of rotatable bonds is 26. The minimum atomic E-state index is -1.52. The van der Waals surface area contributed by atoms with E-state index in [0.717, 1.165) is 0 Å². The SMILES string of the molecule is N[C@@H](CCCCN(Cc1nccn1CC(=O)O)Cc1nccn1CC(=O)O)C(=O)NCCCC[C@H](NC(=O)N[C@@H](CCC(=O)O)C(=O)O)C(=O)O.[99Tc].[C-]#[O+].[C-]#[O+].[C-]#[O+].[Cl-]. The Morgan fingerprint density at radius 3 is 1.56 bits per heavy atom. The number of nitrogens with one attached hydrogen (secondary N) is 3. The van der Waals surface area contributed by atoms with Crippen LogP contribution < -0.4 is 34.1 Å². The molecule has 26 heteroatoms. The molecular weight excluding hydrogens is 897 g/mol. The van der Waals surface area contributed by atoms with Crippen molar-refractivity contribution in [3.63, 3.8) is 0 Å². The molecule has 327 valence electrons. The number of imidazole rings is 2. The van der Waals surface area contributed by atoms with Gasteiger partial charge < -0.3 is 68.8 Å². The number of carbonyl (C=O) groups is 7. The van der Waals surface area contributed by atoms with E-state index < -0.39 is 66.3 Å². The molecule has 0 unspecified atom stereocenters. The first-order valence-corrected chi connectivity index (χ1v) is 16.7. The summed E-state index contributed by atoms with van der Waals surface area (Å²) in [7, 11) is 0. The van der Waals surface area contributed by atoms with Crippen molar-refractivity contribution < 1.29 is 106 Å². The van der Waals surface area contributed by atoms with Crippen LogP contribution in [0.2, 0.25) is 0 Å². The van der Waals surface area contributed by atoms with Gasteiger partial charge in [0.15, 0.2) is 0 Å². The Labute approximate surface area is 357 Å².